The minimum Gasteiger partial charge on any atom is -0.298 e. The highest BCUT2D eigenvalue weighted by atomic mass is 16.1. The van der Waals surface area contributed by atoms with E-state index in [1.54, 1.807) is 18.3 Å². The lowest BCUT2D eigenvalue weighted by Gasteiger charge is -2.17. The average Bonchev–Trinajstić information content (AvgIpc) is 2.02. The highest BCUT2D eigenvalue weighted by molar-refractivity contribution is 5.76. The van der Waals surface area contributed by atoms with Gasteiger partial charge in [-0.05, 0) is 24.0 Å². The predicted octanol–water partition coefficient (Wildman–Crippen LogP) is 2.48. The fourth-order valence-electron chi connectivity index (χ4n) is 1.21. The summed E-state index contributed by atoms with van der Waals surface area (Å²) in [4.78, 5) is 14.9. The Bertz CT molecular complexity index is 299. The van der Waals surface area contributed by atoms with Crippen LogP contribution in [0, 0.1) is 5.41 Å². The molecule has 13 heavy (non-hydrogen) atoms. The summed E-state index contributed by atoms with van der Waals surface area (Å²) < 4.78 is 0. The second kappa shape index (κ2) is 3.69. The molecule has 1 aromatic heterocycles. The highest BCUT2D eigenvalue weighted by Gasteiger charge is 2.14. The monoisotopic (exact) mass is 177 g/mol. The van der Waals surface area contributed by atoms with E-state index >= 15 is 0 Å². The van der Waals surface area contributed by atoms with E-state index in [1.165, 1.54) is 0 Å². The van der Waals surface area contributed by atoms with Crippen molar-refractivity contribution < 1.29 is 4.79 Å². The Morgan fingerprint density at radius 1 is 1.46 bits per heavy atom. The number of hydrogen-bond acceptors (Lipinski definition) is 2. The minimum absolute atomic E-state index is 0.173. The molecule has 1 aromatic rings. The molecule has 0 aliphatic heterocycles. The Balaban J connectivity index is 2.94. The number of carbonyl (C=O) groups is 1. The largest absolute Gasteiger partial charge is 0.298 e. The van der Waals surface area contributed by atoms with Gasteiger partial charge < -0.3 is 0 Å². The quantitative estimate of drug-likeness (QED) is 0.649. The highest BCUT2D eigenvalue weighted by Crippen LogP contribution is 2.20. The van der Waals surface area contributed by atoms with Gasteiger partial charge in [-0.1, -0.05) is 20.8 Å². The first-order valence-corrected chi connectivity index (χ1v) is 4.42. The molecule has 70 valence electrons. The van der Waals surface area contributed by atoms with E-state index in [2.05, 4.69) is 25.8 Å². The third-order valence-electron chi connectivity index (χ3n) is 1.75. The first kappa shape index (κ1) is 9.90. The van der Waals surface area contributed by atoms with Gasteiger partial charge in [0.15, 0.2) is 6.29 Å². The van der Waals surface area contributed by atoms with Crippen molar-refractivity contribution in [1.29, 1.82) is 0 Å². The van der Waals surface area contributed by atoms with Crippen molar-refractivity contribution in [2.45, 2.75) is 27.2 Å². The lowest BCUT2D eigenvalue weighted by Crippen LogP contribution is -2.12. The van der Waals surface area contributed by atoms with Gasteiger partial charge in [-0.25, -0.2) is 0 Å². The number of pyridine rings is 1. The molecule has 2 nitrogen and oxygen atoms in total. The number of aldehydes is 1. The van der Waals surface area contributed by atoms with Gasteiger partial charge in [0.05, 0.1) is 5.69 Å². The van der Waals surface area contributed by atoms with E-state index < -0.39 is 0 Å². The zero-order valence-corrected chi connectivity index (χ0v) is 8.37. The van der Waals surface area contributed by atoms with Gasteiger partial charge in [-0.2, -0.15) is 0 Å². The summed E-state index contributed by atoms with van der Waals surface area (Å²) in [6.45, 7) is 6.41. The van der Waals surface area contributed by atoms with Gasteiger partial charge in [-0.3, -0.25) is 9.78 Å². The molecule has 0 atom stereocenters. The van der Waals surface area contributed by atoms with Crippen LogP contribution < -0.4 is 0 Å². The third kappa shape index (κ3) is 2.98. The van der Waals surface area contributed by atoms with Crippen molar-refractivity contribution in [2.75, 3.05) is 0 Å². The van der Waals surface area contributed by atoms with Gasteiger partial charge in [-0.15, -0.1) is 0 Å². The number of carbonyl (C=O) groups excluding carboxylic acids is 1. The summed E-state index contributed by atoms with van der Waals surface area (Å²) in [5.74, 6) is 0. The van der Waals surface area contributed by atoms with Crippen molar-refractivity contribution in [3.05, 3.63) is 29.6 Å². The summed E-state index contributed by atoms with van der Waals surface area (Å²) in [5, 5.41) is 0. The minimum atomic E-state index is 0.173. The van der Waals surface area contributed by atoms with Crippen molar-refractivity contribution in [3.63, 3.8) is 0 Å². The second-order valence-electron chi connectivity index (χ2n) is 4.39. The van der Waals surface area contributed by atoms with Crippen molar-refractivity contribution in [1.82, 2.24) is 4.98 Å². The van der Waals surface area contributed by atoms with Gasteiger partial charge in [0.25, 0.3) is 0 Å². The van der Waals surface area contributed by atoms with Gasteiger partial charge in [0, 0.05) is 11.8 Å². The molecule has 2 heteroatoms. The molecule has 0 aliphatic rings. The van der Waals surface area contributed by atoms with Gasteiger partial charge in [0.2, 0.25) is 0 Å². The van der Waals surface area contributed by atoms with Crippen LogP contribution in [-0.2, 0) is 6.42 Å². The number of nitrogens with zero attached hydrogens (tertiary/aromatic N) is 1. The second-order valence-corrected chi connectivity index (χ2v) is 4.39. The van der Waals surface area contributed by atoms with Crippen LogP contribution in [0.3, 0.4) is 0 Å². The maximum atomic E-state index is 10.7. The van der Waals surface area contributed by atoms with E-state index in [9.17, 15) is 4.79 Å². The zero-order chi connectivity index (χ0) is 9.90. The molecule has 0 saturated carbocycles. The van der Waals surface area contributed by atoms with Crippen LogP contribution in [0.1, 0.15) is 36.8 Å². The predicted molar refractivity (Wildman–Crippen MR) is 52.8 cm³/mol. The number of aromatic nitrogens is 1. The standard InChI is InChI=1S/C11H15NO/c1-11(2,3)7-10-9(8-13)5-4-6-12-10/h4-6,8H,7H2,1-3H3. The SMILES string of the molecule is CC(C)(C)Cc1ncccc1C=O. The Hall–Kier alpha value is -1.18. The topological polar surface area (TPSA) is 30.0 Å². The third-order valence-corrected chi connectivity index (χ3v) is 1.75. The molecule has 0 saturated heterocycles. The van der Waals surface area contributed by atoms with Crippen molar-refractivity contribution in [2.24, 2.45) is 5.41 Å². The maximum Gasteiger partial charge on any atom is 0.151 e. The summed E-state index contributed by atoms with van der Waals surface area (Å²) in [5.41, 5.74) is 1.77. The van der Waals surface area contributed by atoms with E-state index in [0.29, 0.717) is 5.56 Å². The van der Waals surface area contributed by atoms with E-state index in [1.807, 2.05) is 0 Å². The molecule has 1 heterocycles. The molecule has 0 spiro atoms. The Labute approximate surface area is 79.0 Å². The van der Waals surface area contributed by atoms with E-state index in [0.717, 1.165) is 18.4 Å². The summed E-state index contributed by atoms with van der Waals surface area (Å²) in [6, 6.07) is 3.59. The molecule has 0 unspecified atom stereocenters. The number of rotatable bonds is 2. The van der Waals surface area contributed by atoms with Gasteiger partial charge in [0.1, 0.15) is 0 Å². The first-order chi connectivity index (χ1) is 6.03. The van der Waals surface area contributed by atoms with Crippen LogP contribution in [0.15, 0.2) is 18.3 Å². The van der Waals surface area contributed by atoms with Crippen LogP contribution in [0.4, 0.5) is 0 Å². The fourth-order valence-corrected chi connectivity index (χ4v) is 1.21. The Kier molecular flexibility index (Phi) is 2.81. The lowest BCUT2D eigenvalue weighted by molar-refractivity contribution is 0.112. The van der Waals surface area contributed by atoms with Gasteiger partial charge >= 0.3 is 0 Å². The normalized spacial score (nSPS) is 11.3. The van der Waals surface area contributed by atoms with Crippen LogP contribution in [0.25, 0.3) is 0 Å². The van der Waals surface area contributed by atoms with Crippen molar-refractivity contribution in [3.8, 4) is 0 Å². The van der Waals surface area contributed by atoms with Crippen molar-refractivity contribution >= 4 is 6.29 Å². The van der Waals surface area contributed by atoms with Crippen LogP contribution in [0.2, 0.25) is 0 Å². The maximum absolute atomic E-state index is 10.7. The van der Waals surface area contributed by atoms with Crippen LogP contribution in [-0.4, -0.2) is 11.3 Å². The average molecular weight is 177 g/mol. The Morgan fingerprint density at radius 2 is 2.15 bits per heavy atom. The lowest BCUT2D eigenvalue weighted by atomic mass is 9.89. The molecule has 0 radical (unpaired) electrons. The zero-order valence-electron chi connectivity index (χ0n) is 8.37. The smallest absolute Gasteiger partial charge is 0.151 e. The first-order valence-electron chi connectivity index (χ1n) is 4.42. The summed E-state index contributed by atoms with van der Waals surface area (Å²) >= 11 is 0. The Morgan fingerprint density at radius 3 is 2.69 bits per heavy atom. The molecule has 0 amide bonds. The summed E-state index contributed by atoms with van der Waals surface area (Å²) in [7, 11) is 0. The molecule has 1 rings (SSSR count). The molecule has 0 aliphatic carbocycles. The summed E-state index contributed by atoms with van der Waals surface area (Å²) in [6.07, 6.45) is 3.43. The number of hydrogen-bond donors (Lipinski definition) is 0. The van der Waals surface area contributed by atoms with Crippen LogP contribution >= 0.6 is 0 Å². The molecule has 0 N–H and O–H groups in total. The van der Waals surface area contributed by atoms with E-state index in [-0.39, 0.29) is 5.41 Å². The molecular formula is C11H15NO. The fraction of sp³-hybridized carbons (Fsp3) is 0.455. The van der Waals surface area contributed by atoms with Crippen LogP contribution in [0.5, 0.6) is 0 Å². The molecular weight excluding hydrogens is 162 g/mol. The molecule has 0 fully saturated rings. The van der Waals surface area contributed by atoms with E-state index in [4.69, 9.17) is 0 Å². The molecule has 0 aromatic carbocycles. The molecule has 0 bridgehead atoms.